The summed E-state index contributed by atoms with van der Waals surface area (Å²) < 4.78 is 5.12. The summed E-state index contributed by atoms with van der Waals surface area (Å²) >= 11 is 0. The lowest BCUT2D eigenvalue weighted by atomic mass is 9.69. The van der Waals surface area contributed by atoms with Gasteiger partial charge < -0.3 is 9.64 Å². The van der Waals surface area contributed by atoms with Crippen LogP contribution in [0.3, 0.4) is 0 Å². The van der Waals surface area contributed by atoms with Crippen LogP contribution in [0, 0.1) is 23.7 Å². The van der Waals surface area contributed by atoms with Crippen LogP contribution < -0.4 is 0 Å². The molecular weight excluding hydrogens is 266 g/mol. The van der Waals surface area contributed by atoms with Gasteiger partial charge in [-0.15, -0.1) is 0 Å². The molecule has 1 rings (SSSR count). The number of ether oxygens (including phenoxy) is 1. The van der Waals surface area contributed by atoms with Crippen LogP contribution in [-0.2, 0) is 14.3 Å². The van der Waals surface area contributed by atoms with E-state index in [0.717, 1.165) is 12.8 Å². The molecule has 0 saturated heterocycles. The van der Waals surface area contributed by atoms with Crippen molar-refractivity contribution in [2.45, 2.75) is 60.0 Å². The standard InChI is InChI=1S/C17H31NO3/c1-11(2)14-8-7-13(5)9-15(14)17(20)18(6)10-16(19)21-12(3)4/h11-15H,7-10H2,1-6H3/t13-,14+,15-/m1/s1. The van der Waals surface area contributed by atoms with Crippen molar-refractivity contribution < 1.29 is 14.3 Å². The SMILES string of the molecule is CC(C)OC(=O)CN(C)C(=O)[C@@H]1C[C@H](C)CC[C@H]1C(C)C. The van der Waals surface area contributed by atoms with E-state index < -0.39 is 0 Å². The van der Waals surface area contributed by atoms with Gasteiger partial charge in [0.2, 0.25) is 5.91 Å². The summed E-state index contributed by atoms with van der Waals surface area (Å²) in [5, 5.41) is 0. The number of hydrogen-bond acceptors (Lipinski definition) is 3. The van der Waals surface area contributed by atoms with Gasteiger partial charge >= 0.3 is 5.97 Å². The normalized spacial score (nSPS) is 26.0. The highest BCUT2D eigenvalue weighted by Gasteiger charge is 2.37. The molecule has 0 N–H and O–H groups in total. The molecule has 0 aromatic carbocycles. The van der Waals surface area contributed by atoms with E-state index in [1.165, 1.54) is 6.42 Å². The van der Waals surface area contributed by atoms with Gasteiger partial charge in [0.05, 0.1) is 6.10 Å². The topological polar surface area (TPSA) is 46.6 Å². The number of carbonyl (C=O) groups excluding carboxylic acids is 2. The van der Waals surface area contributed by atoms with Crippen LogP contribution in [0.15, 0.2) is 0 Å². The molecule has 1 aliphatic rings. The highest BCUT2D eigenvalue weighted by Crippen LogP contribution is 2.38. The zero-order valence-corrected chi connectivity index (χ0v) is 14.4. The fourth-order valence-corrected chi connectivity index (χ4v) is 3.34. The summed E-state index contributed by atoms with van der Waals surface area (Å²) in [4.78, 5) is 26.0. The lowest BCUT2D eigenvalue weighted by Crippen LogP contribution is -2.43. The fraction of sp³-hybridized carbons (Fsp3) is 0.882. The number of carbonyl (C=O) groups is 2. The van der Waals surface area contributed by atoms with Gasteiger partial charge in [-0.05, 0) is 44.4 Å². The van der Waals surface area contributed by atoms with Crippen LogP contribution in [0.25, 0.3) is 0 Å². The smallest absolute Gasteiger partial charge is 0.325 e. The van der Waals surface area contributed by atoms with Gasteiger partial charge in [-0.25, -0.2) is 0 Å². The summed E-state index contributed by atoms with van der Waals surface area (Å²) in [5.41, 5.74) is 0. The molecule has 122 valence electrons. The third-order valence-electron chi connectivity index (χ3n) is 4.45. The Morgan fingerprint density at radius 2 is 1.81 bits per heavy atom. The molecule has 1 fully saturated rings. The predicted octanol–water partition coefficient (Wildman–Crippen LogP) is 3.10. The first-order chi connectivity index (χ1) is 9.72. The van der Waals surface area contributed by atoms with Crippen molar-refractivity contribution in [3.8, 4) is 0 Å². The van der Waals surface area contributed by atoms with Gasteiger partial charge in [0.15, 0.2) is 0 Å². The quantitative estimate of drug-likeness (QED) is 0.733. The van der Waals surface area contributed by atoms with Gasteiger partial charge in [0, 0.05) is 13.0 Å². The minimum Gasteiger partial charge on any atom is -0.462 e. The minimum atomic E-state index is -0.328. The van der Waals surface area contributed by atoms with E-state index in [0.29, 0.717) is 17.8 Å². The molecule has 4 heteroatoms. The van der Waals surface area contributed by atoms with Gasteiger partial charge in [0.25, 0.3) is 0 Å². The maximum Gasteiger partial charge on any atom is 0.325 e. The number of amides is 1. The molecule has 0 aliphatic heterocycles. The molecule has 0 spiro atoms. The maximum absolute atomic E-state index is 12.7. The fourth-order valence-electron chi connectivity index (χ4n) is 3.34. The Morgan fingerprint density at radius 1 is 1.19 bits per heavy atom. The predicted molar refractivity (Wildman–Crippen MR) is 83.7 cm³/mol. The molecule has 1 saturated carbocycles. The molecule has 4 nitrogen and oxygen atoms in total. The molecule has 1 aliphatic carbocycles. The van der Waals surface area contributed by atoms with Crippen LogP contribution in [-0.4, -0.2) is 36.5 Å². The van der Waals surface area contributed by atoms with Crippen molar-refractivity contribution in [1.29, 1.82) is 0 Å². The van der Waals surface area contributed by atoms with E-state index in [9.17, 15) is 9.59 Å². The molecule has 0 unspecified atom stereocenters. The van der Waals surface area contributed by atoms with Gasteiger partial charge in [-0.2, -0.15) is 0 Å². The number of rotatable bonds is 5. The first-order valence-electron chi connectivity index (χ1n) is 8.16. The van der Waals surface area contributed by atoms with Crippen molar-refractivity contribution in [1.82, 2.24) is 4.90 Å². The second-order valence-electron chi connectivity index (χ2n) is 7.17. The number of nitrogens with zero attached hydrogens (tertiary/aromatic N) is 1. The molecule has 0 aromatic rings. The summed E-state index contributed by atoms with van der Waals surface area (Å²) in [6, 6.07) is 0. The molecule has 1 amide bonds. The van der Waals surface area contributed by atoms with E-state index in [-0.39, 0.29) is 30.4 Å². The summed E-state index contributed by atoms with van der Waals surface area (Å²) in [7, 11) is 1.71. The van der Waals surface area contributed by atoms with Crippen molar-refractivity contribution in [2.75, 3.05) is 13.6 Å². The minimum absolute atomic E-state index is 0.0469. The van der Waals surface area contributed by atoms with Crippen LogP contribution in [0.4, 0.5) is 0 Å². The number of hydrogen-bond donors (Lipinski definition) is 0. The van der Waals surface area contributed by atoms with E-state index in [2.05, 4.69) is 20.8 Å². The Balaban J connectivity index is 2.67. The Hall–Kier alpha value is -1.06. The molecule has 0 aromatic heterocycles. The highest BCUT2D eigenvalue weighted by atomic mass is 16.5. The molecule has 21 heavy (non-hydrogen) atoms. The first kappa shape index (κ1) is 18.0. The van der Waals surface area contributed by atoms with Crippen molar-refractivity contribution in [3.05, 3.63) is 0 Å². The third-order valence-corrected chi connectivity index (χ3v) is 4.45. The van der Waals surface area contributed by atoms with E-state index >= 15 is 0 Å². The van der Waals surface area contributed by atoms with Crippen LogP contribution in [0.1, 0.15) is 53.9 Å². The Bertz CT molecular complexity index is 365. The molecular formula is C17H31NO3. The summed E-state index contributed by atoms with van der Waals surface area (Å²) in [6.07, 6.45) is 3.11. The zero-order valence-electron chi connectivity index (χ0n) is 14.4. The monoisotopic (exact) mass is 297 g/mol. The largest absolute Gasteiger partial charge is 0.462 e. The second-order valence-corrected chi connectivity index (χ2v) is 7.17. The highest BCUT2D eigenvalue weighted by molar-refractivity contribution is 5.83. The molecule has 0 bridgehead atoms. The van der Waals surface area contributed by atoms with Crippen molar-refractivity contribution in [3.63, 3.8) is 0 Å². The number of esters is 1. The second kappa shape index (κ2) is 7.81. The van der Waals surface area contributed by atoms with Crippen molar-refractivity contribution >= 4 is 11.9 Å². The molecule has 3 atom stereocenters. The Labute approximate surface area is 129 Å². The van der Waals surface area contributed by atoms with E-state index in [1.54, 1.807) is 11.9 Å². The van der Waals surface area contributed by atoms with Crippen LogP contribution in [0.5, 0.6) is 0 Å². The van der Waals surface area contributed by atoms with Crippen LogP contribution >= 0.6 is 0 Å². The Kier molecular flexibility index (Phi) is 6.69. The summed E-state index contributed by atoms with van der Waals surface area (Å²) in [5.74, 6) is 1.34. The van der Waals surface area contributed by atoms with Gasteiger partial charge in [0.1, 0.15) is 6.54 Å². The molecule has 0 radical (unpaired) electrons. The lowest BCUT2D eigenvalue weighted by molar-refractivity contribution is -0.153. The average Bonchev–Trinajstić information content (AvgIpc) is 2.36. The van der Waals surface area contributed by atoms with Gasteiger partial charge in [-0.1, -0.05) is 27.2 Å². The number of likely N-dealkylation sites (N-methyl/N-ethyl adjacent to an activating group) is 1. The van der Waals surface area contributed by atoms with Crippen LogP contribution in [0.2, 0.25) is 0 Å². The molecule has 0 heterocycles. The van der Waals surface area contributed by atoms with Gasteiger partial charge in [-0.3, -0.25) is 9.59 Å². The lowest BCUT2D eigenvalue weighted by Gasteiger charge is -2.38. The third kappa shape index (κ3) is 5.33. The zero-order chi connectivity index (χ0) is 16.2. The Morgan fingerprint density at radius 3 is 2.33 bits per heavy atom. The van der Waals surface area contributed by atoms with Crippen molar-refractivity contribution in [2.24, 2.45) is 23.7 Å². The maximum atomic E-state index is 12.7. The summed E-state index contributed by atoms with van der Waals surface area (Å²) in [6.45, 7) is 10.3. The van der Waals surface area contributed by atoms with E-state index in [1.807, 2.05) is 13.8 Å². The average molecular weight is 297 g/mol. The first-order valence-corrected chi connectivity index (χ1v) is 8.16. The van der Waals surface area contributed by atoms with E-state index in [4.69, 9.17) is 4.74 Å².